The molecule has 0 aliphatic heterocycles. The summed E-state index contributed by atoms with van der Waals surface area (Å²) in [6.07, 6.45) is 6.40. The van der Waals surface area contributed by atoms with E-state index in [1.54, 1.807) is 0 Å². The van der Waals surface area contributed by atoms with E-state index in [4.69, 9.17) is 0 Å². The number of hydrogen-bond acceptors (Lipinski definition) is 2. The second kappa shape index (κ2) is 7.88. The average Bonchev–Trinajstić information content (AvgIpc) is 2.38. The fourth-order valence-electron chi connectivity index (χ4n) is 3.29. The number of carboxylic acid groups (broad SMARTS) is 1. The van der Waals surface area contributed by atoms with Crippen molar-refractivity contribution < 1.29 is 9.90 Å². The van der Waals surface area contributed by atoms with E-state index in [9.17, 15) is 9.90 Å². The zero-order valence-corrected chi connectivity index (χ0v) is 13.1. The standard InChI is InChI=1S/C16H31NO2/c1-5-7-10-17(13(4)6-2)15-11-12(3)8-9-14(15)16(18)19/h12-15H,5-11H2,1-4H3,(H,18,19). The molecule has 0 spiro atoms. The fraction of sp³-hybridized carbons (Fsp3) is 0.938. The maximum Gasteiger partial charge on any atom is 0.308 e. The minimum absolute atomic E-state index is 0.165. The van der Waals surface area contributed by atoms with Crippen molar-refractivity contribution in [2.45, 2.75) is 78.3 Å². The molecule has 0 aromatic heterocycles. The van der Waals surface area contributed by atoms with Crippen molar-refractivity contribution in [3.8, 4) is 0 Å². The van der Waals surface area contributed by atoms with E-state index in [1.165, 1.54) is 12.8 Å². The fourth-order valence-corrected chi connectivity index (χ4v) is 3.29. The average molecular weight is 269 g/mol. The first kappa shape index (κ1) is 16.5. The number of aliphatic carboxylic acids is 1. The lowest BCUT2D eigenvalue weighted by atomic mass is 9.77. The first-order valence-corrected chi connectivity index (χ1v) is 7.99. The van der Waals surface area contributed by atoms with E-state index >= 15 is 0 Å². The Morgan fingerprint density at radius 3 is 2.58 bits per heavy atom. The zero-order valence-electron chi connectivity index (χ0n) is 13.1. The maximum atomic E-state index is 11.5. The normalized spacial score (nSPS) is 29.4. The smallest absolute Gasteiger partial charge is 0.308 e. The molecule has 19 heavy (non-hydrogen) atoms. The van der Waals surface area contributed by atoms with Crippen molar-refractivity contribution >= 4 is 5.97 Å². The molecule has 0 amide bonds. The summed E-state index contributed by atoms with van der Waals surface area (Å²) in [5, 5.41) is 9.50. The Labute approximate surface area is 118 Å². The van der Waals surface area contributed by atoms with Crippen molar-refractivity contribution in [3.05, 3.63) is 0 Å². The second-order valence-corrected chi connectivity index (χ2v) is 6.28. The van der Waals surface area contributed by atoms with Crippen LogP contribution in [0.5, 0.6) is 0 Å². The molecular formula is C16H31NO2. The van der Waals surface area contributed by atoms with Crippen molar-refractivity contribution in [1.29, 1.82) is 0 Å². The van der Waals surface area contributed by atoms with Gasteiger partial charge in [0.25, 0.3) is 0 Å². The molecule has 3 heteroatoms. The predicted octanol–water partition coefficient (Wildman–Crippen LogP) is 3.78. The summed E-state index contributed by atoms with van der Waals surface area (Å²) in [7, 11) is 0. The highest BCUT2D eigenvalue weighted by Gasteiger charge is 2.38. The molecule has 0 aromatic rings. The summed E-state index contributed by atoms with van der Waals surface area (Å²) >= 11 is 0. The minimum Gasteiger partial charge on any atom is -0.481 e. The third-order valence-corrected chi connectivity index (χ3v) is 4.75. The number of unbranched alkanes of at least 4 members (excludes halogenated alkanes) is 1. The quantitative estimate of drug-likeness (QED) is 0.764. The second-order valence-electron chi connectivity index (χ2n) is 6.28. The first-order chi connectivity index (χ1) is 9.01. The number of hydrogen-bond donors (Lipinski definition) is 1. The van der Waals surface area contributed by atoms with Gasteiger partial charge in [-0.15, -0.1) is 0 Å². The minimum atomic E-state index is -0.596. The molecule has 1 aliphatic carbocycles. The van der Waals surface area contributed by atoms with Gasteiger partial charge in [0.1, 0.15) is 0 Å². The predicted molar refractivity (Wildman–Crippen MR) is 79.3 cm³/mol. The number of nitrogens with zero attached hydrogens (tertiary/aromatic N) is 1. The summed E-state index contributed by atoms with van der Waals surface area (Å²) in [5.41, 5.74) is 0. The van der Waals surface area contributed by atoms with Crippen LogP contribution in [-0.4, -0.2) is 34.6 Å². The highest BCUT2D eigenvalue weighted by molar-refractivity contribution is 5.71. The Kier molecular flexibility index (Phi) is 6.84. The molecule has 1 N–H and O–H groups in total. The highest BCUT2D eigenvalue weighted by Crippen LogP contribution is 2.34. The SMILES string of the molecule is CCCCN(C(C)CC)C1CC(C)CCC1C(=O)O. The molecule has 4 atom stereocenters. The Morgan fingerprint density at radius 2 is 2.05 bits per heavy atom. The lowest BCUT2D eigenvalue weighted by Crippen LogP contribution is -2.50. The van der Waals surface area contributed by atoms with Crippen molar-refractivity contribution in [1.82, 2.24) is 4.90 Å². The number of rotatable bonds is 7. The van der Waals surface area contributed by atoms with Crippen LogP contribution in [0.25, 0.3) is 0 Å². The molecule has 1 rings (SSSR count). The molecule has 1 saturated carbocycles. The van der Waals surface area contributed by atoms with Gasteiger partial charge in [0.05, 0.1) is 5.92 Å². The topological polar surface area (TPSA) is 40.5 Å². The van der Waals surface area contributed by atoms with Crippen LogP contribution >= 0.6 is 0 Å². The molecule has 0 radical (unpaired) electrons. The molecule has 112 valence electrons. The number of carboxylic acids is 1. The molecular weight excluding hydrogens is 238 g/mol. The van der Waals surface area contributed by atoms with Crippen LogP contribution in [0.1, 0.15) is 66.2 Å². The maximum absolute atomic E-state index is 11.5. The van der Waals surface area contributed by atoms with Crippen molar-refractivity contribution in [2.75, 3.05) is 6.54 Å². The largest absolute Gasteiger partial charge is 0.481 e. The lowest BCUT2D eigenvalue weighted by Gasteiger charge is -2.43. The molecule has 1 aliphatic rings. The molecule has 3 nitrogen and oxygen atoms in total. The molecule has 4 unspecified atom stereocenters. The van der Waals surface area contributed by atoms with Crippen LogP contribution < -0.4 is 0 Å². The van der Waals surface area contributed by atoms with Crippen LogP contribution in [0.2, 0.25) is 0 Å². The lowest BCUT2D eigenvalue weighted by molar-refractivity contribution is -0.146. The van der Waals surface area contributed by atoms with Crippen LogP contribution in [-0.2, 0) is 4.79 Å². The molecule has 0 heterocycles. The molecule has 0 bridgehead atoms. The van der Waals surface area contributed by atoms with Gasteiger partial charge in [-0.05, 0) is 51.5 Å². The van der Waals surface area contributed by atoms with Gasteiger partial charge in [-0.2, -0.15) is 0 Å². The summed E-state index contributed by atoms with van der Waals surface area (Å²) in [6, 6.07) is 0.728. The van der Waals surface area contributed by atoms with E-state index in [2.05, 4.69) is 32.6 Å². The van der Waals surface area contributed by atoms with Crippen molar-refractivity contribution in [3.63, 3.8) is 0 Å². The van der Waals surface area contributed by atoms with Gasteiger partial charge in [-0.3, -0.25) is 9.69 Å². The highest BCUT2D eigenvalue weighted by atomic mass is 16.4. The third kappa shape index (κ3) is 4.48. The third-order valence-electron chi connectivity index (χ3n) is 4.75. The Bertz CT molecular complexity index is 280. The van der Waals surface area contributed by atoms with Crippen LogP contribution in [0, 0.1) is 11.8 Å². The van der Waals surface area contributed by atoms with Crippen molar-refractivity contribution in [2.24, 2.45) is 11.8 Å². The van der Waals surface area contributed by atoms with Gasteiger partial charge < -0.3 is 5.11 Å². The van der Waals surface area contributed by atoms with Crippen LogP contribution in [0.15, 0.2) is 0 Å². The van der Waals surface area contributed by atoms with E-state index < -0.39 is 5.97 Å². The van der Waals surface area contributed by atoms with E-state index in [0.717, 1.165) is 32.2 Å². The van der Waals surface area contributed by atoms with Gasteiger partial charge in [0.15, 0.2) is 0 Å². The number of carbonyl (C=O) groups is 1. The Morgan fingerprint density at radius 1 is 1.37 bits per heavy atom. The zero-order chi connectivity index (χ0) is 14.4. The molecule has 0 saturated heterocycles. The summed E-state index contributed by atoms with van der Waals surface area (Å²) in [6.45, 7) is 9.96. The Hall–Kier alpha value is -0.570. The van der Waals surface area contributed by atoms with E-state index in [0.29, 0.717) is 12.0 Å². The monoisotopic (exact) mass is 269 g/mol. The van der Waals surface area contributed by atoms with Crippen LogP contribution in [0.3, 0.4) is 0 Å². The molecule has 0 aromatic carbocycles. The van der Waals surface area contributed by atoms with Gasteiger partial charge in [0, 0.05) is 12.1 Å². The summed E-state index contributed by atoms with van der Waals surface area (Å²) in [5.74, 6) is -0.0995. The van der Waals surface area contributed by atoms with E-state index in [-0.39, 0.29) is 12.0 Å². The van der Waals surface area contributed by atoms with Gasteiger partial charge >= 0.3 is 5.97 Å². The summed E-state index contributed by atoms with van der Waals surface area (Å²) in [4.78, 5) is 14.0. The molecule has 1 fully saturated rings. The van der Waals surface area contributed by atoms with Gasteiger partial charge in [0.2, 0.25) is 0 Å². The Balaban J connectivity index is 2.84. The van der Waals surface area contributed by atoms with Gasteiger partial charge in [-0.1, -0.05) is 27.2 Å². The first-order valence-electron chi connectivity index (χ1n) is 7.99. The van der Waals surface area contributed by atoms with Gasteiger partial charge in [-0.25, -0.2) is 0 Å². The van der Waals surface area contributed by atoms with Crippen LogP contribution in [0.4, 0.5) is 0 Å². The summed E-state index contributed by atoms with van der Waals surface area (Å²) < 4.78 is 0. The van der Waals surface area contributed by atoms with E-state index in [1.807, 2.05) is 0 Å².